The summed E-state index contributed by atoms with van der Waals surface area (Å²) in [5.74, 6) is 0.608. The van der Waals surface area contributed by atoms with Crippen molar-refractivity contribution in [2.75, 3.05) is 6.61 Å². The average molecular weight is 242 g/mol. The molecule has 0 fully saturated rings. The van der Waals surface area contributed by atoms with Gasteiger partial charge in [-0.25, -0.2) is 9.97 Å². The molecule has 0 radical (unpaired) electrons. The van der Waals surface area contributed by atoms with E-state index in [0.717, 1.165) is 6.42 Å². The lowest BCUT2D eigenvalue weighted by molar-refractivity contribution is 0.103. The predicted octanol–water partition coefficient (Wildman–Crippen LogP) is 2.50. The summed E-state index contributed by atoms with van der Waals surface area (Å²) in [7, 11) is 0. The van der Waals surface area contributed by atoms with Crippen molar-refractivity contribution in [3.63, 3.8) is 0 Å². The summed E-state index contributed by atoms with van der Waals surface area (Å²) >= 11 is 0. The highest BCUT2D eigenvalue weighted by Crippen LogP contribution is 2.16. The molecule has 0 aliphatic heterocycles. The SMILES string of the molecule is CCCOc1cccc(C(=O)c2cncnc2)c1. The molecule has 0 spiro atoms. The lowest BCUT2D eigenvalue weighted by atomic mass is 10.1. The van der Waals surface area contributed by atoms with Gasteiger partial charge in [-0.1, -0.05) is 19.1 Å². The van der Waals surface area contributed by atoms with Crippen molar-refractivity contribution in [2.45, 2.75) is 13.3 Å². The number of hydrogen-bond donors (Lipinski definition) is 0. The molecule has 4 nitrogen and oxygen atoms in total. The van der Waals surface area contributed by atoms with Gasteiger partial charge in [-0.3, -0.25) is 4.79 Å². The molecule has 0 aliphatic carbocycles. The Balaban J connectivity index is 2.20. The Morgan fingerprint density at radius 2 is 2.00 bits per heavy atom. The number of carbonyl (C=O) groups is 1. The second-order valence-electron chi connectivity index (χ2n) is 3.83. The fourth-order valence-electron chi connectivity index (χ4n) is 1.53. The number of benzene rings is 1. The first kappa shape index (κ1) is 12.2. The van der Waals surface area contributed by atoms with Crippen LogP contribution in [-0.2, 0) is 0 Å². The third-order valence-electron chi connectivity index (χ3n) is 2.39. The topological polar surface area (TPSA) is 52.1 Å². The molecule has 4 heteroatoms. The van der Waals surface area contributed by atoms with Crippen molar-refractivity contribution in [3.05, 3.63) is 54.1 Å². The Bertz CT molecular complexity index is 526. The fourth-order valence-corrected chi connectivity index (χ4v) is 1.53. The summed E-state index contributed by atoms with van der Waals surface area (Å²) in [5, 5.41) is 0. The van der Waals surface area contributed by atoms with Gasteiger partial charge in [-0.2, -0.15) is 0 Å². The second-order valence-corrected chi connectivity index (χ2v) is 3.83. The Kier molecular flexibility index (Phi) is 4.02. The molecule has 0 amide bonds. The van der Waals surface area contributed by atoms with Gasteiger partial charge >= 0.3 is 0 Å². The van der Waals surface area contributed by atoms with Crippen LogP contribution >= 0.6 is 0 Å². The van der Waals surface area contributed by atoms with Crippen LogP contribution < -0.4 is 4.74 Å². The highest BCUT2D eigenvalue weighted by atomic mass is 16.5. The van der Waals surface area contributed by atoms with Crippen LogP contribution in [0.25, 0.3) is 0 Å². The van der Waals surface area contributed by atoms with Crippen molar-refractivity contribution in [2.24, 2.45) is 0 Å². The van der Waals surface area contributed by atoms with Gasteiger partial charge in [0, 0.05) is 18.0 Å². The number of ketones is 1. The molecule has 0 aliphatic rings. The maximum absolute atomic E-state index is 12.1. The largest absolute Gasteiger partial charge is 0.494 e. The summed E-state index contributed by atoms with van der Waals surface area (Å²) in [6, 6.07) is 7.15. The zero-order valence-electron chi connectivity index (χ0n) is 10.2. The van der Waals surface area contributed by atoms with Crippen LogP contribution in [-0.4, -0.2) is 22.4 Å². The molecule has 2 rings (SSSR count). The molecular formula is C14H14N2O2. The molecule has 1 aromatic heterocycles. The van der Waals surface area contributed by atoms with E-state index in [4.69, 9.17) is 4.74 Å². The molecule has 1 heterocycles. The standard InChI is InChI=1S/C14H14N2O2/c1-2-6-18-13-5-3-4-11(7-13)14(17)12-8-15-10-16-9-12/h3-5,7-10H,2,6H2,1H3. The normalized spacial score (nSPS) is 10.1. The van der Waals surface area contributed by atoms with Crippen LogP contribution in [0.5, 0.6) is 5.75 Å². The van der Waals surface area contributed by atoms with Crippen molar-refractivity contribution in [1.82, 2.24) is 9.97 Å². The molecule has 18 heavy (non-hydrogen) atoms. The molecule has 0 saturated heterocycles. The van der Waals surface area contributed by atoms with Gasteiger partial charge in [0.15, 0.2) is 5.78 Å². The molecule has 0 unspecified atom stereocenters. The van der Waals surface area contributed by atoms with E-state index in [1.165, 1.54) is 18.7 Å². The van der Waals surface area contributed by atoms with Gasteiger partial charge in [0.1, 0.15) is 12.1 Å². The Labute approximate surface area is 106 Å². The number of nitrogens with zero attached hydrogens (tertiary/aromatic N) is 2. The Morgan fingerprint density at radius 3 is 2.72 bits per heavy atom. The number of aromatic nitrogens is 2. The Morgan fingerprint density at radius 1 is 1.22 bits per heavy atom. The van der Waals surface area contributed by atoms with Gasteiger partial charge in [-0.15, -0.1) is 0 Å². The van der Waals surface area contributed by atoms with E-state index in [0.29, 0.717) is 23.5 Å². The van der Waals surface area contributed by atoms with Crippen molar-refractivity contribution < 1.29 is 9.53 Å². The Hall–Kier alpha value is -2.23. The minimum absolute atomic E-state index is 0.0995. The number of rotatable bonds is 5. The highest BCUT2D eigenvalue weighted by molar-refractivity contribution is 6.08. The van der Waals surface area contributed by atoms with E-state index < -0.39 is 0 Å². The van der Waals surface area contributed by atoms with E-state index in [1.807, 2.05) is 19.1 Å². The van der Waals surface area contributed by atoms with Crippen molar-refractivity contribution in [3.8, 4) is 5.75 Å². The average Bonchev–Trinajstić information content (AvgIpc) is 2.45. The number of ether oxygens (including phenoxy) is 1. The summed E-state index contributed by atoms with van der Waals surface area (Å²) in [5.41, 5.74) is 1.06. The summed E-state index contributed by atoms with van der Waals surface area (Å²) in [4.78, 5) is 19.8. The third-order valence-corrected chi connectivity index (χ3v) is 2.39. The molecule has 0 bridgehead atoms. The van der Waals surface area contributed by atoms with Gasteiger partial charge in [-0.05, 0) is 18.6 Å². The first-order chi connectivity index (χ1) is 8.81. The van der Waals surface area contributed by atoms with Crippen LogP contribution in [0.1, 0.15) is 29.3 Å². The smallest absolute Gasteiger partial charge is 0.196 e. The van der Waals surface area contributed by atoms with Crippen molar-refractivity contribution in [1.29, 1.82) is 0 Å². The fraction of sp³-hybridized carbons (Fsp3) is 0.214. The lowest BCUT2D eigenvalue weighted by Crippen LogP contribution is -2.03. The third kappa shape index (κ3) is 2.91. The molecule has 0 N–H and O–H groups in total. The second kappa shape index (κ2) is 5.91. The maximum atomic E-state index is 12.1. The highest BCUT2D eigenvalue weighted by Gasteiger charge is 2.10. The zero-order valence-corrected chi connectivity index (χ0v) is 10.2. The minimum Gasteiger partial charge on any atom is -0.494 e. The summed E-state index contributed by atoms with van der Waals surface area (Å²) in [6.07, 6.45) is 5.35. The van der Waals surface area contributed by atoms with Gasteiger partial charge in [0.2, 0.25) is 0 Å². The quantitative estimate of drug-likeness (QED) is 0.756. The zero-order chi connectivity index (χ0) is 12.8. The summed E-state index contributed by atoms with van der Waals surface area (Å²) in [6.45, 7) is 2.68. The molecule has 0 atom stereocenters. The number of hydrogen-bond acceptors (Lipinski definition) is 4. The van der Waals surface area contributed by atoms with E-state index in [1.54, 1.807) is 12.1 Å². The molecule has 1 aromatic carbocycles. The lowest BCUT2D eigenvalue weighted by Gasteiger charge is -2.06. The van der Waals surface area contributed by atoms with E-state index in [9.17, 15) is 4.79 Å². The van der Waals surface area contributed by atoms with Crippen molar-refractivity contribution >= 4 is 5.78 Å². The maximum Gasteiger partial charge on any atom is 0.196 e. The van der Waals surface area contributed by atoms with Gasteiger partial charge in [0.05, 0.1) is 12.2 Å². The van der Waals surface area contributed by atoms with E-state index >= 15 is 0 Å². The monoisotopic (exact) mass is 242 g/mol. The van der Waals surface area contributed by atoms with Crippen LogP contribution in [0.2, 0.25) is 0 Å². The first-order valence-electron chi connectivity index (χ1n) is 5.84. The van der Waals surface area contributed by atoms with E-state index in [2.05, 4.69) is 9.97 Å². The van der Waals surface area contributed by atoms with Crippen LogP contribution in [0, 0.1) is 0 Å². The minimum atomic E-state index is -0.0995. The van der Waals surface area contributed by atoms with Crippen LogP contribution in [0.3, 0.4) is 0 Å². The molecular weight excluding hydrogens is 228 g/mol. The summed E-state index contributed by atoms with van der Waals surface area (Å²) < 4.78 is 5.50. The number of carbonyl (C=O) groups excluding carboxylic acids is 1. The first-order valence-corrected chi connectivity index (χ1v) is 5.84. The van der Waals surface area contributed by atoms with Crippen LogP contribution in [0.4, 0.5) is 0 Å². The van der Waals surface area contributed by atoms with Gasteiger partial charge in [0.25, 0.3) is 0 Å². The van der Waals surface area contributed by atoms with Gasteiger partial charge < -0.3 is 4.74 Å². The molecule has 0 saturated carbocycles. The predicted molar refractivity (Wildman–Crippen MR) is 67.7 cm³/mol. The van der Waals surface area contributed by atoms with Crippen LogP contribution in [0.15, 0.2) is 43.0 Å². The van der Waals surface area contributed by atoms with E-state index in [-0.39, 0.29) is 5.78 Å². The molecule has 92 valence electrons. The molecule has 2 aromatic rings.